The smallest absolute Gasteiger partial charge is 0.0991 e. The molecule has 1 aromatic carbocycles. The monoisotopic (exact) mass is 287 g/mol. The molecule has 1 aliphatic carbocycles. The Bertz CT molecular complexity index is 524. The highest BCUT2D eigenvalue weighted by molar-refractivity contribution is 8.00. The minimum Gasteiger partial charge on any atom is -0.311 e. The van der Waals surface area contributed by atoms with E-state index in [1.165, 1.54) is 24.8 Å². The molecular formula is C16H21N3S. The Hall–Kier alpha value is -1.26. The molecule has 0 spiro atoms. The third kappa shape index (κ3) is 2.91. The van der Waals surface area contributed by atoms with Crippen molar-refractivity contribution in [2.75, 3.05) is 12.8 Å². The molecule has 1 heterocycles. The molecule has 0 amide bonds. The first-order valence-electron chi connectivity index (χ1n) is 7.14. The molecular weight excluding hydrogens is 266 g/mol. The van der Waals surface area contributed by atoms with Crippen molar-refractivity contribution < 1.29 is 0 Å². The van der Waals surface area contributed by atoms with Crippen molar-refractivity contribution in [2.45, 2.75) is 30.6 Å². The van der Waals surface area contributed by atoms with Gasteiger partial charge in [0.25, 0.3) is 0 Å². The van der Waals surface area contributed by atoms with Crippen LogP contribution in [-0.2, 0) is 6.54 Å². The second-order valence-electron chi connectivity index (χ2n) is 5.48. The highest BCUT2D eigenvalue weighted by Crippen LogP contribution is 2.42. The Morgan fingerprint density at radius 1 is 1.30 bits per heavy atom. The minimum absolute atomic E-state index is 0.511. The van der Waals surface area contributed by atoms with Crippen LogP contribution >= 0.6 is 11.8 Å². The molecule has 1 saturated carbocycles. The summed E-state index contributed by atoms with van der Waals surface area (Å²) >= 11 is 2.02. The van der Waals surface area contributed by atoms with Crippen molar-refractivity contribution in [1.82, 2.24) is 14.9 Å². The molecule has 0 bridgehead atoms. The lowest BCUT2D eigenvalue weighted by Crippen LogP contribution is -2.43. The van der Waals surface area contributed by atoms with Crippen LogP contribution in [-0.4, -0.2) is 27.1 Å². The van der Waals surface area contributed by atoms with E-state index in [1.54, 1.807) is 6.20 Å². The van der Waals surface area contributed by atoms with Gasteiger partial charge in [0.15, 0.2) is 0 Å². The van der Waals surface area contributed by atoms with Crippen molar-refractivity contribution in [1.29, 1.82) is 0 Å². The van der Waals surface area contributed by atoms with Gasteiger partial charge in [0, 0.05) is 35.9 Å². The van der Waals surface area contributed by atoms with Crippen LogP contribution in [0, 0.1) is 0 Å². The third-order valence-corrected chi connectivity index (χ3v) is 5.63. The first kappa shape index (κ1) is 13.7. The predicted molar refractivity (Wildman–Crippen MR) is 85.4 cm³/mol. The zero-order valence-electron chi connectivity index (χ0n) is 11.9. The predicted octanol–water partition coefficient (Wildman–Crippen LogP) is 3.25. The molecule has 0 radical (unpaired) electrons. The molecule has 1 aliphatic rings. The summed E-state index contributed by atoms with van der Waals surface area (Å²) in [7, 11) is 0. The standard InChI is InChI=1S/C16H21N3S/c1-20-16(7-2-8-16)12-18-11-14-3-5-15(6-4-14)19-10-9-17-13-19/h3-6,9-10,13,18H,2,7-8,11-12H2,1H3. The van der Waals surface area contributed by atoms with Crippen LogP contribution in [0.1, 0.15) is 24.8 Å². The van der Waals surface area contributed by atoms with Crippen LogP contribution < -0.4 is 5.32 Å². The lowest BCUT2D eigenvalue weighted by Gasteiger charge is -2.40. The Kier molecular flexibility index (Phi) is 4.13. The maximum atomic E-state index is 4.07. The van der Waals surface area contributed by atoms with Crippen LogP contribution in [0.3, 0.4) is 0 Å². The summed E-state index contributed by atoms with van der Waals surface area (Å²) in [4.78, 5) is 4.07. The van der Waals surface area contributed by atoms with Gasteiger partial charge in [0.2, 0.25) is 0 Å². The SMILES string of the molecule is CSC1(CNCc2ccc(-n3ccnc3)cc2)CCC1. The van der Waals surface area contributed by atoms with Gasteiger partial charge in [-0.2, -0.15) is 11.8 Å². The summed E-state index contributed by atoms with van der Waals surface area (Å²) in [5, 5.41) is 3.61. The first-order valence-corrected chi connectivity index (χ1v) is 8.37. The van der Waals surface area contributed by atoms with E-state index in [1.807, 2.05) is 28.9 Å². The molecule has 0 saturated heterocycles. The van der Waals surface area contributed by atoms with E-state index in [9.17, 15) is 0 Å². The van der Waals surface area contributed by atoms with Crippen LogP contribution in [0.5, 0.6) is 0 Å². The zero-order valence-corrected chi connectivity index (χ0v) is 12.7. The van der Waals surface area contributed by atoms with Crippen LogP contribution in [0.25, 0.3) is 5.69 Å². The quantitative estimate of drug-likeness (QED) is 0.884. The molecule has 3 rings (SSSR count). The molecule has 2 aromatic rings. The number of thioether (sulfide) groups is 1. The number of benzene rings is 1. The fourth-order valence-electron chi connectivity index (χ4n) is 2.66. The van der Waals surface area contributed by atoms with Crippen molar-refractivity contribution in [3.05, 3.63) is 48.5 Å². The lowest BCUT2D eigenvalue weighted by molar-refractivity contribution is 0.345. The van der Waals surface area contributed by atoms with Crippen molar-refractivity contribution >= 4 is 11.8 Å². The number of nitrogens with one attached hydrogen (secondary N) is 1. The second-order valence-corrected chi connectivity index (χ2v) is 6.75. The van der Waals surface area contributed by atoms with Gasteiger partial charge >= 0.3 is 0 Å². The number of rotatable bonds is 6. The molecule has 20 heavy (non-hydrogen) atoms. The van der Waals surface area contributed by atoms with E-state index in [4.69, 9.17) is 0 Å². The molecule has 1 fully saturated rings. The first-order chi connectivity index (χ1) is 9.81. The molecule has 1 N–H and O–H groups in total. The van der Waals surface area contributed by atoms with Crippen molar-refractivity contribution in [3.8, 4) is 5.69 Å². The number of nitrogens with zero attached hydrogens (tertiary/aromatic N) is 2. The highest BCUT2D eigenvalue weighted by Gasteiger charge is 2.35. The molecule has 3 nitrogen and oxygen atoms in total. The van der Waals surface area contributed by atoms with Gasteiger partial charge in [-0.15, -0.1) is 0 Å². The molecule has 0 atom stereocenters. The van der Waals surface area contributed by atoms with E-state index in [0.717, 1.165) is 18.8 Å². The number of hydrogen-bond acceptors (Lipinski definition) is 3. The second kappa shape index (κ2) is 6.02. The maximum Gasteiger partial charge on any atom is 0.0991 e. The summed E-state index contributed by atoms with van der Waals surface area (Å²) < 4.78 is 2.53. The summed E-state index contributed by atoms with van der Waals surface area (Å²) in [6.07, 6.45) is 11.9. The number of hydrogen-bond donors (Lipinski definition) is 1. The summed E-state index contributed by atoms with van der Waals surface area (Å²) in [6.45, 7) is 2.07. The van der Waals surface area contributed by atoms with Gasteiger partial charge in [-0.05, 0) is 36.8 Å². The molecule has 4 heteroatoms. The average molecular weight is 287 g/mol. The Balaban J connectivity index is 1.53. The van der Waals surface area contributed by atoms with Gasteiger partial charge in [-0.25, -0.2) is 4.98 Å². The van der Waals surface area contributed by atoms with E-state index in [2.05, 4.69) is 40.8 Å². The Labute approximate surface area is 124 Å². The van der Waals surface area contributed by atoms with Crippen molar-refractivity contribution in [2.24, 2.45) is 0 Å². The summed E-state index contributed by atoms with van der Waals surface area (Å²) in [5.41, 5.74) is 2.50. The molecule has 0 unspecified atom stereocenters. The lowest BCUT2D eigenvalue weighted by atomic mass is 9.84. The zero-order chi connectivity index (χ0) is 13.8. The Morgan fingerprint density at radius 3 is 2.65 bits per heavy atom. The number of aromatic nitrogens is 2. The molecule has 106 valence electrons. The van der Waals surface area contributed by atoms with E-state index in [-0.39, 0.29) is 0 Å². The normalized spacial score (nSPS) is 16.9. The summed E-state index contributed by atoms with van der Waals surface area (Å²) in [6, 6.07) is 8.67. The molecule has 0 aliphatic heterocycles. The maximum absolute atomic E-state index is 4.07. The number of imidazole rings is 1. The Morgan fingerprint density at radius 2 is 2.10 bits per heavy atom. The van der Waals surface area contributed by atoms with Crippen molar-refractivity contribution in [3.63, 3.8) is 0 Å². The van der Waals surface area contributed by atoms with E-state index >= 15 is 0 Å². The van der Waals surface area contributed by atoms with Crippen LogP contribution in [0.15, 0.2) is 43.0 Å². The topological polar surface area (TPSA) is 29.9 Å². The van der Waals surface area contributed by atoms with Gasteiger partial charge < -0.3 is 9.88 Å². The van der Waals surface area contributed by atoms with Crippen LogP contribution in [0.2, 0.25) is 0 Å². The van der Waals surface area contributed by atoms with Gasteiger partial charge in [-0.1, -0.05) is 18.6 Å². The van der Waals surface area contributed by atoms with Gasteiger partial charge in [0.1, 0.15) is 0 Å². The average Bonchev–Trinajstić information content (AvgIpc) is 2.97. The fraction of sp³-hybridized carbons (Fsp3) is 0.438. The van der Waals surface area contributed by atoms with E-state index in [0.29, 0.717) is 4.75 Å². The molecule has 1 aromatic heterocycles. The fourth-order valence-corrected chi connectivity index (χ4v) is 3.60. The van der Waals surface area contributed by atoms with Crippen LogP contribution in [0.4, 0.5) is 0 Å². The third-order valence-electron chi connectivity index (χ3n) is 4.21. The highest BCUT2D eigenvalue weighted by atomic mass is 32.2. The van der Waals surface area contributed by atoms with Gasteiger partial charge in [0.05, 0.1) is 6.33 Å². The largest absolute Gasteiger partial charge is 0.311 e. The minimum atomic E-state index is 0.511. The van der Waals surface area contributed by atoms with E-state index < -0.39 is 0 Å². The van der Waals surface area contributed by atoms with Gasteiger partial charge in [-0.3, -0.25) is 0 Å². The summed E-state index contributed by atoms with van der Waals surface area (Å²) in [5.74, 6) is 0.